The lowest BCUT2D eigenvalue weighted by Crippen LogP contribution is -2.38. The number of ketones is 1. The minimum absolute atomic E-state index is 0.0579. The van der Waals surface area contributed by atoms with Crippen molar-refractivity contribution in [2.45, 2.75) is 15.2 Å². The highest BCUT2D eigenvalue weighted by atomic mass is 32.2. The Balaban J connectivity index is 0.940. The van der Waals surface area contributed by atoms with Gasteiger partial charge in [0.2, 0.25) is 0 Å². The molecule has 0 saturated carbocycles. The summed E-state index contributed by atoms with van der Waals surface area (Å²) in [7, 11) is 0. The number of carbonyl (C=O) groups excluding carboxylic acids is 1. The van der Waals surface area contributed by atoms with E-state index in [2.05, 4.69) is 234 Å². The van der Waals surface area contributed by atoms with Gasteiger partial charge in [-0.2, -0.15) is 0 Å². The van der Waals surface area contributed by atoms with E-state index in [1.165, 1.54) is 42.7 Å². The number of para-hydroxylation sites is 2. The van der Waals surface area contributed by atoms with E-state index in [1.54, 1.807) is 0 Å². The molecule has 2 aliphatic rings. The van der Waals surface area contributed by atoms with Crippen LogP contribution in [0.2, 0.25) is 0 Å². The van der Waals surface area contributed by atoms with Crippen molar-refractivity contribution in [3.63, 3.8) is 0 Å². The highest BCUT2D eigenvalue weighted by Crippen LogP contribution is 2.54. The summed E-state index contributed by atoms with van der Waals surface area (Å²) >= 11 is 1.82. The quantitative estimate of drug-likeness (QED) is 0.167. The molecule has 0 fully saturated rings. The van der Waals surface area contributed by atoms with E-state index in [-0.39, 0.29) is 5.78 Å². The van der Waals surface area contributed by atoms with E-state index in [4.69, 9.17) is 0 Å². The summed E-state index contributed by atoms with van der Waals surface area (Å²) in [5.41, 5.74) is 16.4. The molecule has 13 rings (SSSR count). The number of benzene rings is 10. The maximum Gasteiger partial charge on any atom is 0.193 e. The fourth-order valence-electron chi connectivity index (χ4n) is 10.7. The van der Waals surface area contributed by atoms with Crippen LogP contribution >= 0.6 is 11.8 Å². The molecule has 1 aliphatic carbocycles. The monoisotopic (exact) mass is 860 g/mol. The third kappa shape index (κ3) is 5.82. The Morgan fingerprint density at radius 2 is 0.924 bits per heavy atom. The Hall–Kier alpha value is -8.18. The SMILES string of the molecule is O=C1c2ccccc2C(c2ccccc2)(c2ccccc2)c2cc(-c3ccc(N4c5ccccc5Sc5ccc(-n6c7ccccc7c7cc(-c8ccccc8)ccc76)cc54)cc3)ccc21. The summed E-state index contributed by atoms with van der Waals surface area (Å²) < 4.78 is 2.41. The molecule has 4 heteroatoms. The molecule has 1 aliphatic heterocycles. The number of aromatic nitrogens is 1. The van der Waals surface area contributed by atoms with Crippen LogP contribution in [-0.4, -0.2) is 10.4 Å². The first-order valence-electron chi connectivity index (χ1n) is 22.5. The summed E-state index contributed by atoms with van der Waals surface area (Å²) in [6.07, 6.45) is 0. The van der Waals surface area contributed by atoms with Crippen LogP contribution in [0.15, 0.2) is 252 Å². The first kappa shape index (κ1) is 38.3. The summed E-state index contributed by atoms with van der Waals surface area (Å²) in [6, 6.07) is 86.7. The van der Waals surface area contributed by atoms with Gasteiger partial charge >= 0.3 is 0 Å². The van der Waals surface area contributed by atoms with Crippen molar-refractivity contribution in [3.05, 3.63) is 276 Å². The van der Waals surface area contributed by atoms with Gasteiger partial charge in [-0.15, -0.1) is 0 Å². The third-order valence-corrected chi connectivity index (χ3v) is 14.8. The van der Waals surface area contributed by atoms with E-state index in [0.717, 1.165) is 67.3 Å². The Labute approximate surface area is 387 Å². The molecule has 0 bridgehead atoms. The van der Waals surface area contributed by atoms with Gasteiger partial charge in [-0.3, -0.25) is 4.79 Å². The molecule has 3 nitrogen and oxygen atoms in total. The predicted octanol–water partition coefficient (Wildman–Crippen LogP) is 16.0. The molecular weight excluding hydrogens is 821 g/mol. The molecule has 10 aromatic carbocycles. The Morgan fingerprint density at radius 3 is 1.71 bits per heavy atom. The van der Waals surface area contributed by atoms with Gasteiger partial charge in [0.1, 0.15) is 0 Å². The topological polar surface area (TPSA) is 25.2 Å². The van der Waals surface area contributed by atoms with Gasteiger partial charge in [-0.05, 0) is 111 Å². The summed E-state index contributed by atoms with van der Waals surface area (Å²) in [4.78, 5) is 19.2. The van der Waals surface area contributed by atoms with Crippen LogP contribution in [-0.2, 0) is 5.41 Å². The van der Waals surface area contributed by atoms with Gasteiger partial charge in [0.25, 0.3) is 0 Å². The van der Waals surface area contributed by atoms with Crippen molar-refractivity contribution >= 4 is 56.4 Å². The van der Waals surface area contributed by atoms with E-state index >= 15 is 0 Å². The van der Waals surface area contributed by atoms with Gasteiger partial charge in [0.05, 0.1) is 27.8 Å². The van der Waals surface area contributed by atoms with E-state index in [9.17, 15) is 4.79 Å². The van der Waals surface area contributed by atoms with Gasteiger partial charge < -0.3 is 9.47 Å². The van der Waals surface area contributed by atoms with Crippen LogP contribution < -0.4 is 4.90 Å². The predicted molar refractivity (Wildman–Crippen MR) is 272 cm³/mol. The molecule has 1 aromatic heterocycles. The van der Waals surface area contributed by atoms with Crippen molar-refractivity contribution in [2.24, 2.45) is 0 Å². The molecule has 0 unspecified atom stereocenters. The largest absolute Gasteiger partial charge is 0.309 e. The van der Waals surface area contributed by atoms with E-state index in [1.807, 2.05) is 30.0 Å². The number of hydrogen-bond acceptors (Lipinski definition) is 3. The fraction of sp³-hybridized carbons (Fsp3) is 0.0161. The zero-order chi connectivity index (χ0) is 43.8. The normalized spacial score (nSPS) is 13.5. The molecule has 0 atom stereocenters. The zero-order valence-electron chi connectivity index (χ0n) is 35.8. The average molecular weight is 861 g/mol. The van der Waals surface area contributed by atoms with Crippen molar-refractivity contribution in [1.82, 2.24) is 4.57 Å². The molecule has 66 heavy (non-hydrogen) atoms. The summed E-state index contributed by atoms with van der Waals surface area (Å²) in [6.45, 7) is 0. The minimum Gasteiger partial charge on any atom is -0.309 e. The van der Waals surface area contributed by atoms with Crippen LogP contribution in [0, 0.1) is 0 Å². The van der Waals surface area contributed by atoms with E-state index in [0.29, 0.717) is 0 Å². The van der Waals surface area contributed by atoms with Crippen molar-refractivity contribution < 1.29 is 4.79 Å². The second kappa shape index (κ2) is 15.2. The van der Waals surface area contributed by atoms with Crippen LogP contribution in [0.25, 0.3) is 49.7 Å². The molecule has 0 radical (unpaired) electrons. The molecule has 0 spiro atoms. The lowest BCUT2D eigenvalue weighted by atomic mass is 9.59. The Kier molecular flexibility index (Phi) is 8.84. The second-order valence-corrected chi connectivity index (χ2v) is 18.3. The van der Waals surface area contributed by atoms with Gasteiger partial charge in [0, 0.05) is 43.1 Å². The van der Waals surface area contributed by atoms with Gasteiger partial charge in [-0.25, -0.2) is 0 Å². The fourth-order valence-corrected chi connectivity index (χ4v) is 11.8. The first-order valence-corrected chi connectivity index (χ1v) is 23.3. The number of rotatable bonds is 6. The molecule has 0 saturated heterocycles. The number of anilines is 3. The smallest absolute Gasteiger partial charge is 0.193 e. The minimum atomic E-state index is -0.699. The third-order valence-electron chi connectivity index (χ3n) is 13.7. The van der Waals surface area contributed by atoms with Crippen LogP contribution in [0.5, 0.6) is 0 Å². The molecule has 310 valence electrons. The van der Waals surface area contributed by atoms with E-state index < -0.39 is 5.41 Å². The molecular formula is C62H40N2OS. The number of nitrogens with zero attached hydrogens (tertiary/aromatic N) is 2. The maximum absolute atomic E-state index is 14.4. The number of hydrogen-bond donors (Lipinski definition) is 0. The second-order valence-electron chi connectivity index (χ2n) is 17.2. The van der Waals surface area contributed by atoms with Crippen LogP contribution in [0.3, 0.4) is 0 Å². The Morgan fingerprint density at radius 1 is 0.364 bits per heavy atom. The van der Waals surface area contributed by atoms with Gasteiger partial charge in [0.15, 0.2) is 5.78 Å². The van der Waals surface area contributed by atoms with Crippen LogP contribution in [0.4, 0.5) is 17.1 Å². The number of fused-ring (bicyclic) bond motifs is 7. The molecule has 0 N–H and O–H groups in total. The molecule has 2 heterocycles. The lowest BCUT2D eigenvalue weighted by Gasteiger charge is -2.42. The lowest BCUT2D eigenvalue weighted by molar-refractivity contribution is 0.103. The van der Waals surface area contributed by atoms with Crippen molar-refractivity contribution in [3.8, 4) is 27.9 Å². The Bertz CT molecular complexity index is 3650. The standard InChI is InChI=1S/C62H40N2OS/c65-61-50-23-10-12-24-53(50)62(45-18-6-2-7-19-45,46-20-8-3-9-21-46)54-39-44(30-35-51(54)61)42-28-32-47(33-29-42)63-57-26-14-15-27-59(57)66-60-37-34-48(40-58(60)63)64-55-25-13-11-22-49(55)52-38-43(31-36-56(52)64)41-16-4-1-5-17-41/h1-40H. The zero-order valence-corrected chi connectivity index (χ0v) is 36.6. The summed E-state index contributed by atoms with van der Waals surface area (Å²) in [5, 5.41) is 2.47. The first-order chi connectivity index (χ1) is 32.6. The maximum atomic E-state index is 14.4. The molecule has 0 amide bonds. The number of carbonyl (C=O) groups is 1. The molecule has 11 aromatic rings. The summed E-state index contributed by atoms with van der Waals surface area (Å²) in [5.74, 6) is 0.0579. The average Bonchev–Trinajstić information content (AvgIpc) is 3.72. The van der Waals surface area contributed by atoms with Crippen molar-refractivity contribution in [1.29, 1.82) is 0 Å². The van der Waals surface area contributed by atoms with Gasteiger partial charge in [-0.1, -0.05) is 188 Å². The van der Waals surface area contributed by atoms with Crippen LogP contribution in [0.1, 0.15) is 38.2 Å². The van der Waals surface area contributed by atoms with Crippen molar-refractivity contribution in [2.75, 3.05) is 4.90 Å². The highest BCUT2D eigenvalue weighted by Gasteiger charge is 2.46. The highest BCUT2D eigenvalue weighted by molar-refractivity contribution is 7.99.